The van der Waals surface area contributed by atoms with Gasteiger partial charge < -0.3 is 25.8 Å². The van der Waals surface area contributed by atoms with Crippen LogP contribution >= 0.6 is 0 Å². The van der Waals surface area contributed by atoms with Crippen molar-refractivity contribution in [2.75, 3.05) is 18.0 Å². The Hall–Kier alpha value is -4.14. The number of phenols is 1. The molecule has 3 aromatic carbocycles. The number of aromatic carboxylic acids is 1. The molecule has 1 aliphatic heterocycles. The largest absolute Gasteiger partial charge is 0.508 e. The summed E-state index contributed by atoms with van der Waals surface area (Å²) in [6.07, 6.45) is 2.78. The van der Waals surface area contributed by atoms with Crippen LogP contribution in [-0.4, -0.2) is 46.2 Å². The number of phenolic OH excluding ortho intramolecular Hbond substituents is 1. The normalized spacial score (nSPS) is 17.4. The Labute approximate surface area is 221 Å². The van der Waals surface area contributed by atoms with Gasteiger partial charge in [-0.3, -0.25) is 10.1 Å². The number of unbranched alkanes of at least 4 members (excludes halogenated alkanes) is 1. The number of amides is 1. The van der Waals surface area contributed by atoms with Crippen LogP contribution in [0.2, 0.25) is 0 Å². The van der Waals surface area contributed by atoms with E-state index in [0.29, 0.717) is 37.3 Å². The van der Waals surface area contributed by atoms with Crippen LogP contribution in [-0.2, 0) is 11.2 Å². The Balaban J connectivity index is 1.57. The van der Waals surface area contributed by atoms with E-state index in [2.05, 4.69) is 16.4 Å². The number of aromatic hydroxyl groups is 1. The third-order valence-electron chi connectivity index (χ3n) is 7.18. The second kappa shape index (κ2) is 11.1. The van der Waals surface area contributed by atoms with E-state index in [-0.39, 0.29) is 17.4 Å². The van der Waals surface area contributed by atoms with Crippen molar-refractivity contribution in [3.63, 3.8) is 0 Å². The summed E-state index contributed by atoms with van der Waals surface area (Å²) in [6, 6.07) is 21.8. The van der Waals surface area contributed by atoms with Gasteiger partial charge in [-0.15, -0.1) is 0 Å². The fourth-order valence-electron chi connectivity index (χ4n) is 5.16. The van der Waals surface area contributed by atoms with Gasteiger partial charge in [-0.2, -0.15) is 0 Å². The van der Waals surface area contributed by atoms with Gasteiger partial charge in [0.05, 0.1) is 23.5 Å². The first kappa shape index (κ1) is 25.5. The van der Waals surface area contributed by atoms with Crippen molar-refractivity contribution in [1.82, 2.24) is 10.3 Å². The highest BCUT2D eigenvalue weighted by Crippen LogP contribution is 2.37. The van der Waals surface area contributed by atoms with E-state index < -0.39 is 18.1 Å². The molecule has 0 spiro atoms. The monoisotopic (exact) mass is 512 g/mol. The topological polar surface area (TPSA) is 132 Å². The van der Waals surface area contributed by atoms with Gasteiger partial charge in [0.15, 0.2) is 0 Å². The summed E-state index contributed by atoms with van der Waals surface area (Å²) < 4.78 is 0. The number of carbonyl (C=O) groups is 2. The SMILES string of the molecule is NCCCC[C@@H]1N[C@H](c2ccc3ccccc3c2)c2[nH]c(C(=O)O)cc2N(CCc2ccc(O)cc2)C1=O. The minimum Gasteiger partial charge on any atom is -0.508 e. The van der Waals surface area contributed by atoms with E-state index in [1.807, 2.05) is 48.5 Å². The van der Waals surface area contributed by atoms with Gasteiger partial charge in [-0.1, -0.05) is 55.0 Å². The van der Waals surface area contributed by atoms with E-state index in [4.69, 9.17) is 5.73 Å². The highest BCUT2D eigenvalue weighted by atomic mass is 16.4. The van der Waals surface area contributed by atoms with Gasteiger partial charge in [-0.25, -0.2) is 4.79 Å². The molecule has 1 amide bonds. The summed E-state index contributed by atoms with van der Waals surface area (Å²) in [4.78, 5) is 30.8. The number of benzene rings is 3. The summed E-state index contributed by atoms with van der Waals surface area (Å²) in [5.74, 6) is -0.997. The molecule has 4 aromatic rings. The van der Waals surface area contributed by atoms with Crippen LogP contribution in [0.1, 0.15) is 52.6 Å². The van der Waals surface area contributed by atoms with Crippen molar-refractivity contribution in [2.24, 2.45) is 5.73 Å². The van der Waals surface area contributed by atoms with Gasteiger partial charge in [0.2, 0.25) is 5.91 Å². The summed E-state index contributed by atoms with van der Waals surface area (Å²) in [5, 5.41) is 25.2. The van der Waals surface area contributed by atoms with Gasteiger partial charge in [-0.05, 0) is 72.0 Å². The molecular formula is C30H32N4O4. The average molecular weight is 513 g/mol. The summed E-state index contributed by atoms with van der Waals surface area (Å²) in [6.45, 7) is 0.924. The number of carboxylic acid groups (broad SMARTS) is 1. The molecule has 0 unspecified atom stereocenters. The smallest absolute Gasteiger partial charge is 0.352 e. The highest BCUT2D eigenvalue weighted by Gasteiger charge is 2.37. The molecule has 6 N–H and O–H groups in total. The lowest BCUT2D eigenvalue weighted by Gasteiger charge is -2.25. The van der Waals surface area contributed by atoms with E-state index in [1.54, 1.807) is 23.1 Å². The molecule has 1 aliphatic rings. The Morgan fingerprint density at radius 2 is 1.74 bits per heavy atom. The number of nitrogens with zero attached hydrogens (tertiary/aromatic N) is 1. The Bertz CT molecular complexity index is 1450. The number of aromatic amines is 1. The quantitative estimate of drug-likeness (QED) is 0.212. The highest BCUT2D eigenvalue weighted by molar-refractivity contribution is 6.00. The zero-order valence-electron chi connectivity index (χ0n) is 21.1. The summed E-state index contributed by atoms with van der Waals surface area (Å²) in [7, 11) is 0. The standard InChI is InChI=1S/C30H32N4O4/c31-15-4-3-7-24-29(36)34(16-14-19-8-12-23(35)13-9-19)26-18-25(30(37)38)33-28(26)27(32-24)22-11-10-20-5-1-2-6-21(20)17-22/h1-2,5-6,8-13,17-18,24,27,32-33,35H,3-4,7,14-16,31H2,(H,37,38)/t24-,27+/m0/s1. The number of aromatic nitrogens is 1. The van der Waals surface area contributed by atoms with E-state index in [1.165, 1.54) is 0 Å². The molecule has 0 aliphatic carbocycles. The van der Waals surface area contributed by atoms with Gasteiger partial charge in [0, 0.05) is 6.54 Å². The van der Waals surface area contributed by atoms with Crippen LogP contribution in [0.4, 0.5) is 5.69 Å². The molecular weight excluding hydrogens is 480 g/mol. The van der Waals surface area contributed by atoms with Crippen molar-refractivity contribution in [3.05, 3.63) is 95.3 Å². The Morgan fingerprint density at radius 1 is 0.974 bits per heavy atom. The molecule has 8 heteroatoms. The molecule has 0 saturated heterocycles. The van der Waals surface area contributed by atoms with Crippen molar-refractivity contribution in [3.8, 4) is 5.75 Å². The number of carboxylic acids is 1. The van der Waals surface area contributed by atoms with Gasteiger partial charge >= 0.3 is 5.97 Å². The fraction of sp³-hybridized carbons (Fsp3) is 0.267. The number of anilines is 1. The first-order valence-corrected chi connectivity index (χ1v) is 12.9. The molecule has 8 nitrogen and oxygen atoms in total. The molecule has 0 bridgehead atoms. The predicted octanol–water partition coefficient (Wildman–Crippen LogP) is 4.34. The molecule has 0 saturated carbocycles. The number of nitrogens with two attached hydrogens (primary N) is 1. The summed E-state index contributed by atoms with van der Waals surface area (Å²) >= 11 is 0. The maximum atomic E-state index is 14.0. The molecule has 196 valence electrons. The predicted molar refractivity (Wildman–Crippen MR) is 148 cm³/mol. The molecule has 2 atom stereocenters. The number of hydrogen-bond acceptors (Lipinski definition) is 5. The lowest BCUT2D eigenvalue weighted by Crippen LogP contribution is -2.46. The van der Waals surface area contributed by atoms with E-state index in [0.717, 1.165) is 34.7 Å². The third-order valence-corrected chi connectivity index (χ3v) is 7.18. The van der Waals surface area contributed by atoms with Crippen LogP contribution < -0.4 is 16.0 Å². The second-order valence-electron chi connectivity index (χ2n) is 9.74. The minimum absolute atomic E-state index is 0.0339. The van der Waals surface area contributed by atoms with Crippen molar-refractivity contribution < 1.29 is 19.8 Å². The lowest BCUT2D eigenvalue weighted by molar-refractivity contribution is -0.120. The zero-order valence-corrected chi connectivity index (χ0v) is 21.1. The summed E-state index contributed by atoms with van der Waals surface area (Å²) in [5.41, 5.74) is 8.90. The molecule has 0 radical (unpaired) electrons. The third kappa shape index (κ3) is 5.27. The molecule has 1 aromatic heterocycles. The lowest BCUT2D eigenvalue weighted by atomic mass is 9.98. The van der Waals surface area contributed by atoms with E-state index in [9.17, 15) is 19.8 Å². The number of fused-ring (bicyclic) bond motifs is 2. The molecule has 2 heterocycles. The Kier molecular flexibility index (Phi) is 7.44. The van der Waals surface area contributed by atoms with Gasteiger partial charge in [0.1, 0.15) is 11.4 Å². The fourth-order valence-corrected chi connectivity index (χ4v) is 5.16. The number of carbonyl (C=O) groups excluding carboxylic acids is 1. The van der Waals surface area contributed by atoms with Crippen LogP contribution in [0.3, 0.4) is 0 Å². The van der Waals surface area contributed by atoms with Crippen LogP contribution in [0.5, 0.6) is 5.75 Å². The second-order valence-corrected chi connectivity index (χ2v) is 9.74. The molecule has 5 rings (SSSR count). The average Bonchev–Trinajstić information content (AvgIpc) is 3.33. The van der Waals surface area contributed by atoms with Crippen molar-refractivity contribution >= 4 is 28.3 Å². The molecule has 0 fully saturated rings. The number of H-pyrrole nitrogens is 1. The minimum atomic E-state index is -1.08. The number of hydrogen-bond donors (Lipinski definition) is 5. The maximum absolute atomic E-state index is 14.0. The molecule has 38 heavy (non-hydrogen) atoms. The van der Waals surface area contributed by atoms with Crippen molar-refractivity contribution in [1.29, 1.82) is 0 Å². The van der Waals surface area contributed by atoms with Gasteiger partial charge in [0.25, 0.3) is 0 Å². The first-order valence-electron chi connectivity index (χ1n) is 12.9. The van der Waals surface area contributed by atoms with Crippen LogP contribution in [0, 0.1) is 0 Å². The van der Waals surface area contributed by atoms with Crippen molar-refractivity contribution in [2.45, 2.75) is 37.8 Å². The van der Waals surface area contributed by atoms with E-state index >= 15 is 0 Å². The maximum Gasteiger partial charge on any atom is 0.352 e. The zero-order chi connectivity index (χ0) is 26.6. The van der Waals surface area contributed by atoms with Crippen LogP contribution in [0.15, 0.2) is 72.8 Å². The number of rotatable bonds is 9. The first-order chi connectivity index (χ1) is 18.4. The Morgan fingerprint density at radius 3 is 2.47 bits per heavy atom. The number of nitrogens with one attached hydrogen (secondary N) is 2. The van der Waals surface area contributed by atoms with Crippen LogP contribution in [0.25, 0.3) is 10.8 Å².